The number of phenols is 1. The van der Waals surface area contributed by atoms with E-state index in [2.05, 4.69) is 132 Å². The number of fused-ring (bicyclic) bond motifs is 2. The molecule has 63 heavy (non-hydrogen) atoms. The van der Waals surface area contributed by atoms with Gasteiger partial charge in [-0.2, -0.15) is 0 Å². The Balaban J connectivity index is 1.76. The van der Waals surface area contributed by atoms with Crippen LogP contribution in [0.5, 0.6) is 23.0 Å². The van der Waals surface area contributed by atoms with E-state index in [1.807, 2.05) is 0 Å². The molecular formula is C50H64O9S4. The van der Waals surface area contributed by atoms with Crippen LogP contribution in [0.2, 0.25) is 0 Å². The van der Waals surface area contributed by atoms with Crippen molar-refractivity contribution in [3.8, 4) is 23.0 Å². The Morgan fingerprint density at radius 2 is 0.746 bits per heavy atom. The van der Waals surface area contributed by atoms with Gasteiger partial charge in [0.05, 0.1) is 78.8 Å². The molecule has 4 aromatic carbocycles. The molecule has 0 atom stereocenters. The van der Waals surface area contributed by atoms with Crippen LogP contribution in [0.4, 0.5) is 0 Å². The number of ether oxygens (including phenoxy) is 6. The molecular weight excluding hydrogens is 873 g/mol. The van der Waals surface area contributed by atoms with Gasteiger partial charge in [0.25, 0.3) is 0 Å². The lowest BCUT2D eigenvalue weighted by atomic mass is 9.87. The second-order valence-corrected chi connectivity index (χ2v) is 24.2. The van der Waals surface area contributed by atoms with E-state index >= 15 is 0 Å². The molecule has 0 saturated heterocycles. The van der Waals surface area contributed by atoms with Crippen LogP contribution in [0.15, 0.2) is 87.7 Å². The molecule has 10 bridgehead atoms. The molecule has 0 radical (unpaired) electrons. The van der Waals surface area contributed by atoms with E-state index in [0.717, 1.165) is 51.6 Å². The Labute approximate surface area is 391 Å². The lowest BCUT2D eigenvalue weighted by Crippen LogP contribution is -2.16. The quantitative estimate of drug-likeness (QED) is 0.179. The van der Waals surface area contributed by atoms with Crippen molar-refractivity contribution in [2.24, 2.45) is 0 Å². The first-order valence-electron chi connectivity index (χ1n) is 21.5. The molecule has 2 N–H and O–H groups in total. The highest BCUT2D eigenvalue weighted by Crippen LogP contribution is 2.56. The molecule has 2 aliphatic rings. The van der Waals surface area contributed by atoms with Gasteiger partial charge in [-0.15, -0.1) is 0 Å². The Hall–Kier alpha value is -3.17. The largest absolute Gasteiger partial charge is 0.506 e. The van der Waals surface area contributed by atoms with Crippen molar-refractivity contribution >= 4 is 53.0 Å². The zero-order valence-corrected chi connectivity index (χ0v) is 42.1. The van der Waals surface area contributed by atoms with Gasteiger partial charge in [0.2, 0.25) is 0 Å². The fraction of sp³-hybridized carbons (Fsp3) is 0.500. The van der Waals surface area contributed by atoms with Gasteiger partial charge in [-0.1, -0.05) is 130 Å². The summed E-state index contributed by atoms with van der Waals surface area (Å²) in [6, 6.07) is 17.1. The summed E-state index contributed by atoms with van der Waals surface area (Å²) in [6.45, 7) is 28.4. The normalized spacial score (nSPS) is 16.1. The van der Waals surface area contributed by atoms with Crippen LogP contribution in [0.1, 0.15) is 105 Å². The van der Waals surface area contributed by atoms with Crippen molar-refractivity contribution in [2.75, 3.05) is 59.5 Å². The molecule has 9 nitrogen and oxygen atoms in total. The molecule has 0 aromatic heterocycles. The average Bonchev–Trinajstić information content (AvgIpc) is 3.16. The van der Waals surface area contributed by atoms with Crippen molar-refractivity contribution < 1.29 is 43.4 Å². The lowest BCUT2D eigenvalue weighted by molar-refractivity contribution is -0.139. The molecule has 13 heteroatoms. The van der Waals surface area contributed by atoms with Gasteiger partial charge in [0, 0.05) is 0 Å². The van der Waals surface area contributed by atoms with E-state index in [4.69, 9.17) is 28.4 Å². The second kappa shape index (κ2) is 20.1. The van der Waals surface area contributed by atoms with Crippen LogP contribution in [0.3, 0.4) is 0 Å². The highest BCUT2D eigenvalue weighted by molar-refractivity contribution is 8.01. The summed E-state index contributed by atoms with van der Waals surface area (Å²) in [4.78, 5) is 18.5. The van der Waals surface area contributed by atoms with Crippen LogP contribution < -0.4 is 14.2 Å². The third-order valence-corrected chi connectivity index (χ3v) is 14.7. The minimum absolute atomic E-state index is 0.172. The standard InChI is InChI=1S/C50H64O9S4/c1-47(2,3)30-21-34-43(53)35(22-30)61-37-24-32(49(7,8)9)26-39-45(37)58-20-18-56-16-14-54-13-15-55-17-19-57-44-36(60-34)23-31(48(4,5)6)25-38(44)62-40-27-33(50(10,11)12)28-41(63-39)46(40)59-29-42(51)52/h21-28,53H,13-20,29H2,1-12H3,(H,51,52). The minimum Gasteiger partial charge on any atom is -0.506 e. The number of hydrogen-bond donors (Lipinski definition) is 2. The van der Waals surface area contributed by atoms with E-state index in [1.54, 1.807) is 0 Å². The number of hydrogen-bond acceptors (Lipinski definition) is 12. The molecule has 0 aliphatic carbocycles. The van der Waals surface area contributed by atoms with E-state index in [0.29, 0.717) is 66.7 Å². The zero-order valence-electron chi connectivity index (χ0n) is 38.9. The highest BCUT2D eigenvalue weighted by Gasteiger charge is 2.30. The molecule has 0 amide bonds. The Morgan fingerprint density at radius 3 is 1.05 bits per heavy atom. The van der Waals surface area contributed by atoms with E-state index < -0.39 is 12.6 Å². The van der Waals surface area contributed by atoms with Gasteiger partial charge in [-0.3, -0.25) is 0 Å². The number of benzene rings is 4. The number of carbonyl (C=O) groups is 1. The third kappa shape index (κ3) is 12.8. The second-order valence-electron chi connectivity index (χ2n) is 19.9. The predicted molar refractivity (Wildman–Crippen MR) is 255 cm³/mol. The van der Waals surface area contributed by atoms with Crippen molar-refractivity contribution in [1.29, 1.82) is 0 Å². The monoisotopic (exact) mass is 936 g/mol. The summed E-state index contributed by atoms with van der Waals surface area (Å²) in [5, 5.41) is 22.5. The van der Waals surface area contributed by atoms with Crippen LogP contribution in [-0.4, -0.2) is 75.6 Å². The summed E-state index contributed by atoms with van der Waals surface area (Å²) in [7, 11) is 0. The Bertz CT molecular complexity index is 2150. The Morgan fingerprint density at radius 1 is 0.476 bits per heavy atom. The molecule has 0 fully saturated rings. The van der Waals surface area contributed by atoms with Crippen LogP contribution in [0, 0.1) is 0 Å². The summed E-state index contributed by atoms with van der Waals surface area (Å²) in [5.74, 6) is 0.823. The highest BCUT2D eigenvalue weighted by atomic mass is 32.2. The first-order chi connectivity index (χ1) is 29.5. The Kier molecular flexibility index (Phi) is 15.8. The maximum atomic E-state index is 12.5. The summed E-state index contributed by atoms with van der Waals surface area (Å²) >= 11 is 5.94. The smallest absolute Gasteiger partial charge is 0.341 e. The molecule has 342 valence electrons. The number of aromatic hydroxyl groups is 1. The average molecular weight is 937 g/mol. The van der Waals surface area contributed by atoms with E-state index in [1.165, 1.54) is 47.0 Å². The molecule has 2 heterocycles. The van der Waals surface area contributed by atoms with Crippen LogP contribution in [0.25, 0.3) is 0 Å². The van der Waals surface area contributed by atoms with Gasteiger partial charge < -0.3 is 38.6 Å². The molecule has 4 aromatic rings. The SMILES string of the molecule is CC(C)(C)c1cc2c(O)c(c1)Sc1cc(C(C)(C)C)cc3c1OCCOCCOCCOCCOc1c(cc(C(C)(C)C)cc1Sc1cc(C(C)(C)C)cc(c1OCC(=O)O)S3)S2. The van der Waals surface area contributed by atoms with Gasteiger partial charge in [-0.05, 0) is 92.4 Å². The van der Waals surface area contributed by atoms with Gasteiger partial charge in [-0.25, -0.2) is 4.79 Å². The fourth-order valence-corrected chi connectivity index (χ4v) is 11.3. The number of phenolic OH excluding ortho intramolecular Hbond substituents is 1. The molecule has 0 unspecified atom stereocenters. The van der Waals surface area contributed by atoms with Crippen molar-refractivity contribution in [2.45, 2.75) is 144 Å². The first-order valence-corrected chi connectivity index (χ1v) is 24.7. The summed E-state index contributed by atoms with van der Waals surface area (Å²) < 4.78 is 37.7. The summed E-state index contributed by atoms with van der Waals surface area (Å²) in [5.41, 5.74) is 3.20. The van der Waals surface area contributed by atoms with Crippen molar-refractivity contribution in [3.63, 3.8) is 0 Å². The van der Waals surface area contributed by atoms with Gasteiger partial charge >= 0.3 is 5.97 Å². The predicted octanol–water partition coefficient (Wildman–Crippen LogP) is 12.8. The lowest BCUT2D eigenvalue weighted by Gasteiger charge is -2.28. The topological polar surface area (TPSA) is 113 Å². The van der Waals surface area contributed by atoms with Gasteiger partial charge in [0.15, 0.2) is 6.61 Å². The third-order valence-electron chi connectivity index (χ3n) is 10.5. The van der Waals surface area contributed by atoms with Crippen LogP contribution in [-0.2, 0) is 40.7 Å². The molecule has 0 saturated carbocycles. The first kappa shape index (κ1) is 49.3. The number of carboxylic acid groups (broad SMARTS) is 1. The maximum Gasteiger partial charge on any atom is 0.341 e. The number of carboxylic acids is 1. The van der Waals surface area contributed by atoms with Crippen LogP contribution >= 0.6 is 47.0 Å². The van der Waals surface area contributed by atoms with Crippen molar-refractivity contribution in [3.05, 3.63) is 70.8 Å². The maximum absolute atomic E-state index is 12.5. The number of aliphatic carboxylic acids is 1. The molecule has 0 spiro atoms. The number of rotatable bonds is 3. The summed E-state index contributed by atoms with van der Waals surface area (Å²) in [6.07, 6.45) is 0. The zero-order chi connectivity index (χ0) is 45.9. The van der Waals surface area contributed by atoms with E-state index in [-0.39, 0.29) is 40.6 Å². The van der Waals surface area contributed by atoms with Gasteiger partial charge in [0.1, 0.15) is 36.2 Å². The van der Waals surface area contributed by atoms with E-state index in [9.17, 15) is 15.0 Å². The molecule has 2 aliphatic heterocycles. The van der Waals surface area contributed by atoms with Crippen molar-refractivity contribution in [1.82, 2.24) is 0 Å². The minimum atomic E-state index is -1.08. The fourth-order valence-electron chi connectivity index (χ4n) is 6.64. The molecule has 6 rings (SSSR count).